The Labute approximate surface area is 150 Å². The Morgan fingerprint density at radius 2 is 1.96 bits per heavy atom. The molecule has 0 radical (unpaired) electrons. The van der Waals surface area contributed by atoms with Gasteiger partial charge in [0.25, 0.3) is 0 Å². The normalized spacial score (nSPS) is 15.3. The van der Waals surface area contributed by atoms with Crippen LogP contribution in [-0.2, 0) is 16.6 Å². The Kier molecular flexibility index (Phi) is 4.00. The van der Waals surface area contributed by atoms with Crippen molar-refractivity contribution in [3.63, 3.8) is 0 Å². The zero-order valence-electron chi connectivity index (χ0n) is 13.6. The zero-order valence-corrected chi connectivity index (χ0v) is 14.4. The van der Waals surface area contributed by atoms with E-state index in [9.17, 15) is 9.18 Å². The summed E-state index contributed by atoms with van der Waals surface area (Å²) < 4.78 is 12.9. The van der Waals surface area contributed by atoms with Crippen LogP contribution in [0.15, 0.2) is 48.7 Å². The van der Waals surface area contributed by atoms with Crippen molar-refractivity contribution in [2.45, 2.75) is 24.7 Å². The maximum absolute atomic E-state index is 12.9. The first-order valence-corrected chi connectivity index (χ1v) is 8.76. The van der Waals surface area contributed by atoms with Gasteiger partial charge in [-0.05, 0) is 60.7 Å². The van der Waals surface area contributed by atoms with Crippen LogP contribution in [0.4, 0.5) is 4.39 Å². The van der Waals surface area contributed by atoms with Gasteiger partial charge in [0.15, 0.2) is 0 Å². The molecule has 1 aliphatic carbocycles. The summed E-state index contributed by atoms with van der Waals surface area (Å²) in [6.45, 7) is 0.537. The molecule has 1 amide bonds. The molecule has 1 aromatic heterocycles. The molecule has 3 nitrogen and oxygen atoms in total. The number of fused-ring (bicyclic) bond motifs is 1. The monoisotopic (exact) mass is 356 g/mol. The number of carbonyl (C=O) groups excluding carboxylic acids is 1. The van der Waals surface area contributed by atoms with Gasteiger partial charge in [-0.25, -0.2) is 4.39 Å². The first-order valence-electron chi connectivity index (χ1n) is 8.38. The number of nitrogens with one attached hydrogen (secondary N) is 2. The van der Waals surface area contributed by atoms with Crippen LogP contribution >= 0.6 is 11.6 Å². The highest BCUT2D eigenvalue weighted by molar-refractivity contribution is 6.31. The SMILES string of the molecule is O=C(NCCc1ccc(F)cc1)C1(c2c[nH]c3ccc(Cl)cc23)CC1. The summed E-state index contributed by atoms with van der Waals surface area (Å²) in [5.41, 5.74) is 2.56. The van der Waals surface area contributed by atoms with Gasteiger partial charge in [0.05, 0.1) is 5.41 Å². The van der Waals surface area contributed by atoms with Crippen LogP contribution in [0.2, 0.25) is 5.02 Å². The second-order valence-electron chi connectivity index (χ2n) is 6.61. The Morgan fingerprint density at radius 3 is 2.68 bits per heavy atom. The number of rotatable bonds is 5. The molecular weight excluding hydrogens is 339 g/mol. The van der Waals surface area contributed by atoms with Crippen molar-refractivity contribution < 1.29 is 9.18 Å². The lowest BCUT2D eigenvalue weighted by Crippen LogP contribution is -2.35. The number of aromatic amines is 1. The highest BCUT2D eigenvalue weighted by Gasteiger charge is 2.52. The lowest BCUT2D eigenvalue weighted by Gasteiger charge is -2.15. The molecule has 0 bridgehead atoms. The van der Waals surface area contributed by atoms with Gasteiger partial charge in [0.2, 0.25) is 5.91 Å². The van der Waals surface area contributed by atoms with E-state index in [-0.39, 0.29) is 11.7 Å². The number of hydrogen-bond acceptors (Lipinski definition) is 1. The Morgan fingerprint density at radius 1 is 1.20 bits per heavy atom. The summed E-state index contributed by atoms with van der Waals surface area (Å²) >= 11 is 6.12. The quantitative estimate of drug-likeness (QED) is 0.701. The van der Waals surface area contributed by atoms with Gasteiger partial charge in [-0.1, -0.05) is 23.7 Å². The largest absolute Gasteiger partial charge is 0.361 e. The molecule has 1 saturated carbocycles. The van der Waals surface area contributed by atoms with E-state index in [4.69, 9.17) is 11.6 Å². The van der Waals surface area contributed by atoms with E-state index in [1.54, 1.807) is 12.1 Å². The fourth-order valence-corrected chi connectivity index (χ4v) is 3.55. The smallest absolute Gasteiger partial charge is 0.230 e. The number of carbonyl (C=O) groups is 1. The lowest BCUT2D eigenvalue weighted by molar-refractivity contribution is -0.123. The van der Waals surface area contributed by atoms with Crippen molar-refractivity contribution in [3.8, 4) is 0 Å². The van der Waals surface area contributed by atoms with Gasteiger partial charge in [-0.2, -0.15) is 0 Å². The lowest BCUT2D eigenvalue weighted by atomic mass is 9.94. The van der Waals surface area contributed by atoms with Crippen LogP contribution in [0.5, 0.6) is 0 Å². The Balaban J connectivity index is 1.47. The van der Waals surface area contributed by atoms with Gasteiger partial charge in [-0.15, -0.1) is 0 Å². The molecule has 128 valence electrons. The Bertz CT molecular complexity index is 929. The molecule has 1 heterocycles. The maximum Gasteiger partial charge on any atom is 0.230 e. The first kappa shape index (κ1) is 16.2. The van der Waals surface area contributed by atoms with Crippen LogP contribution < -0.4 is 5.32 Å². The minimum absolute atomic E-state index is 0.0514. The number of halogens is 2. The summed E-state index contributed by atoms with van der Waals surface area (Å²) in [4.78, 5) is 16.0. The first-order chi connectivity index (χ1) is 12.1. The molecule has 0 atom stereocenters. The number of benzene rings is 2. The molecule has 0 aliphatic heterocycles. The predicted octanol–water partition coefficient (Wildman–Crippen LogP) is 4.35. The average molecular weight is 357 g/mol. The third-order valence-corrected chi connectivity index (χ3v) is 5.19. The van der Waals surface area contributed by atoms with Gasteiger partial charge in [-0.3, -0.25) is 4.79 Å². The third-order valence-electron chi connectivity index (χ3n) is 4.96. The summed E-state index contributed by atoms with van der Waals surface area (Å²) in [6, 6.07) is 12.1. The summed E-state index contributed by atoms with van der Waals surface area (Å²) in [5, 5.41) is 4.72. The molecule has 0 unspecified atom stereocenters. The average Bonchev–Trinajstić information content (AvgIpc) is 3.31. The topological polar surface area (TPSA) is 44.9 Å². The van der Waals surface area contributed by atoms with E-state index in [1.807, 2.05) is 24.4 Å². The maximum atomic E-state index is 12.9. The van der Waals surface area contributed by atoms with Crippen LogP contribution in [0.25, 0.3) is 10.9 Å². The fourth-order valence-electron chi connectivity index (χ4n) is 3.37. The van der Waals surface area contributed by atoms with E-state index in [1.165, 1.54) is 12.1 Å². The zero-order chi connectivity index (χ0) is 17.4. The minimum Gasteiger partial charge on any atom is -0.361 e. The molecular formula is C20H18ClFN2O. The van der Waals surface area contributed by atoms with E-state index in [0.717, 1.165) is 34.9 Å². The fraction of sp³-hybridized carbons (Fsp3) is 0.250. The number of H-pyrrole nitrogens is 1. The predicted molar refractivity (Wildman–Crippen MR) is 97.3 cm³/mol. The van der Waals surface area contributed by atoms with E-state index in [2.05, 4.69) is 10.3 Å². The molecule has 2 aromatic carbocycles. The van der Waals surface area contributed by atoms with E-state index in [0.29, 0.717) is 18.0 Å². The second kappa shape index (κ2) is 6.19. The minimum atomic E-state index is -0.453. The molecule has 1 fully saturated rings. The molecule has 4 rings (SSSR count). The molecule has 3 aromatic rings. The number of amides is 1. The molecule has 1 aliphatic rings. The number of hydrogen-bond donors (Lipinski definition) is 2. The van der Waals surface area contributed by atoms with E-state index >= 15 is 0 Å². The van der Waals surface area contributed by atoms with Crippen molar-refractivity contribution in [2.24, 2.45) is 0 Å². The number of aromatic nitrogens is 1. The standard InChI is InChI=1S/C20H18ClFN2O/c21-14-3-6-18-16(11-14)17(12-24-18)20(8-9-20)19(25)23-10-7-13-1-4-15(22)5-2-13/h1-6,11-12,24H,7-10H2,(H,23,25). The molecule has 2 N–H and O–H groups in total. The van der Waals surface area contributed by atoms with Crippen molar-refractivity contribution in [1.29, 1.82) is 0 Å². The van der Waals surface area contributed by atoms with Crippen LogP contribution in [0.3, 0.4) is 0 Å². The van der Waals surface area contributed by atoms with Gasteiger partial charge >= 0.3 is 0 Å². The van der Waals surface area contributed by atoms with Gasteiger partial charge in [0, 0.05) is 28.7 Å². The van der Waals surface area contributed by atoms with Crippen LogP contribution in [0, 0.1) is 5.82 Å². The van der Waals surface area contributed by atoms with Crippen LogP contribution in [0.1, 0.15) is 24.0 Å². The van der Waals surface area contributed by atoms with Crippen molar-refractivity contribution in [1.82, 2.24) is 10.3 Å². The van der Waals surface area contributed by atoms with Gasteiger partial charge in [0.1, 0.15) is 5.82 Å². The van der Waals surface area contributed by atoms with Crippen molar-refractivity contribution in [3.05, 3.63) is 70.6 Å². The van der Waals surface area contributed by atoms with Gasteiger partial charge < -0.3 is 10.3 Å². The van der Waals surface area contributed by atoms with Crippen molar-refractivity contribution in [2.75, 3.05) is 6.54 Å². The molecule has 0 saturated heterocycles. The Hall–Kier alpha value is -2.33. The summed E-state index contributed by atoms with van der Waals surface area (Å²) in [5.74, 6) is -0.196. The van der Waals surface area contributed by atoms with Crippen LogP contribution in [-0.4, -0.2) is 17.4 Å². The summed E-state index contributed by atoms with van der Waals surface area (Å²) in [6.07, 6.45) is 4.29. The highest BCUT2D eigenvalue weighted by atomic mass is 35.5. The molecule has 0 spiro atoms. The van der Waals surface area contributed by atoms with Crippen molar-refractivity contribution >= 4 is 28.4 Å². The summed E-state index contributed by atoms with van der Waals surface area (Å²) in [7, 11) is 0. The van der Waals surface area contributed by atoms with E-state index < -0.39 is 5.41 Å². The third kappa shape index (κ3) is 3.02. The molecule has 25 heavy (non-hydrogen) atoms. The highest BCUT2D eigenvalue weighted by Crippen LogP contribution is 2.50. The molecule has 5 heteroatoms. The second-order valence-corrected chi connectivity index (χ2v) is 7.04.